The largest absolute Gasteiger partial charge is 0.488 e. The maximum Gasteiger partial charge on any atom is 0.270 e. The normalized spacial score (nSPS) is 10.9. The lowest BCUT2D eigenvalue weighted by atomic mass is 9.97. The summed E-state index contributed by atoms with van der Waals surface area (Å²) in [4.78, 5) is 12.5. The van der Waals surface area contributed by atoms with Gasteiger partial charge in [-0.3, -0.25) is 9.89 Å². The molecule has 0 atom stereocenters. The molecule has 2 N–H and O–H groups in total. The average Bonchev–Trinajstić information content (AvgIpc) is 3.28. The third kappa shape index (κ3) is 6.07. The summed E-state index contributed by atoms with van der Waals surface area (Å²) in [5, 5.41) is 10.3. The summed E-state index contributed by atoms with van der Waals surface area (Å²) in [6.45, 7) is 7.56. The Labute approximate surface area is 225 Å². The van der Waals surface area contributed by atoms with Crippen molar-refractivity contribution in [2.45, 2.75) is 39.9 Å². The summed E-state index contributed by atoms with van der Waals surface area (Å²) >= 11 is 2.17. The second kappa shape index (κ2) is 12.1. The van der Waals surface area contributed by atoms with Crippen molar-refractivity contribution < 1.29 is 14.3 Å². The minimum absolute atomic E-state index is 0.181. The van der Waals surface area contributed by atoms with Crippen molar-refractivity contribution >= 4 is 28.5 Å². The van der Waals surface area contributed by atoms with Crippen molar-refractivity contribution in [3.8, 4) is 22.8 Å². The first kappa shape index (κ1) is 25.8. The van der Waals surface area contributed by atoms with E-state index in [4.69, 9.17) is 9.47 Å². The lowest BCUT2D eigenvalue weighted by Crippen LogP contribution is -2.23. The molecule has 3 aromatic carbocycles. The zero-order valence-electron chi connectivity index (χ0n) is 20.7. The number of benzene rings is 3. The number of nitrogens with zero attached hydrogens (tertiary/aromatic N) is 1. The van der Waals surface area contributed by atoms with Crippen molar-refractivity contribution in [1.29, 1.82) is 0 Å². The van der Waals surface area contributed by atoms with Crippen molar-refractivity contribution in [3.63, 3.8) is 0 Å². The molecule has 0 saturated carbocycles. The molecule has 6 nitrogen and oxygen atoms in total. The number of hydrogen-bond acceptors (Lipinski definition) is 4. The second-order valence-electron chi connectivity index (χ2n) is 8.71. The molecule has 4 aromatic rings. The highest BCUT2D eigenvalue weighted by Gasteiger charge is 2.23. The molecule has 1 amide bonds. The van der Waals surface area contributed by atoms with E-state index < -0.39 is 0 Å². The van der Waals surface area contributed by atoms with Gasteiger partial charge in [0.05, 0.1) is 3.57 Å². The molecule has 0 bridgehead atoms. The highest BCUT2D eigenvalue weighted by atomic mass is 127. The van der Waals surface area contributed by atoms with Crippen molar-refractivity contribution in [1.82, 2.24) is 15.5 Å². The fraction of sp³-hybridized carbons (Fsp3) is 0.241. The molecule has 0 fully saturated rings. The number of ether oxygens (including phenoxy) is 2. The maximum atomic E-state index is 12.5. The Morgan fingerprint density at radius 1 is 0.944 bits per heavy atom. The number of rotatable bonds is 10. The molecule has 186 valence electrons. The van der Waals surface area contributed by atoms with E-state index in [2.05, 4.69) is 58.0 Å². The van der Waals surface area contributed by atoms with Crippen LogP contribution in [-0.4, -0.2) is 22.6 Å². The Morgan fingerprint density at radius 2 is 1.53 bits per heavy atom. The van der Waals surface area contributed by atoms with Crippen LogP contribution >= 0.6 is 22.6 Å². The molecule has 0 aliphatic rings. The molecule has 1 heterocycles. The number of carbonyl (C=O) groups is 1. The first-order chi connectivity index (χ1) is 17.5. The molecule has 7 heteroatoms. The van der Waals surface area contributed by atoms with Crippen LogP contribution < -0.4 is 14.8 Å². The lowest BCUT2D eigenvalue weighted by molar-refractivity contribution is 0.0950. The quantitative estimate of drug-likeness (QED) is 0.200. The van der Waals surface area contributed by atoms with E-state index in [0.29, 0.717) is 36.9 Å². The Morgan fingerprint density at radius 3 is 2.08 bits per heavy atom. The minimum atomic E-state index is -0.181. The highest BCUT2D eigenvalue weighted by molar-refractivity contribution is 14.1. The van der Waals surface area contributed by atoms with Gasteiger partial charge in [0.2, 0.25) is 0 Å². The molecule has 36 heavy (non-hydrogen) atoms. The third-order valence-electron chi connectivity index (χ3n) is 5.73. The monoisotopic (exact) mass is 595 g/mol. The van der Waals surface area contributed by atoms with Crippen LogP contribution in [0.15, 0.2) is 72.8 Å². The first-order valence-electron chi connectivity index (χ1n) is 12.0. The minimum Gasteiger partial charge on any atom is -0.488 e. The number of amides is 1. The fourth-order valence-electron chi connectivity index (χ4n) is 3.84. The van der Waals surface area contributed by atoms with Crippen LogP contribution in [0.1, 0.15) is 53.9 Å². The van der Waals surface area contributed by atoms with Gasteiger partial charge < -0.3 is 14.8 Å². The topological polar surface area (TPSA) is 76.2 Å². The summed E-state index contributed by atoms with van der Waals surface area (Å²) in [7, 11) is 0. The molecule has 0 spiro atoms. The van der Waals surface area contributed by atoms with Crippen LogP contribution in [0.5, 0.6) is 11.5 Å². The standard InChI is InChI=1S/C29H30IN3O3/c1-4-31-29(34)28-26(30)27(32-33-28)23-15-22(19(2)3)24(35-17-20-11-7-5-8-12-20)16-25(23)36-18-21-13-9-6-10-14-21/h5-16,19H,4,17-18H2,1-3H3,(H,31,34)(H,32,33). The lowest BCUT2D eigenvalue weighted by Gasteiger charge is -2.19. The smallest absolute Gasteiger partial charge is 0.270 e. The van der Waals surface area contributed by atoms with Gasteiger partial charge in [0, 0.05) is 18.2 Å². The van der Waals surface area contributed by atoms with E-state index >= 15 is 0 Å². The van der Waals surface area contributed by atoms with Crippen LogP contribution in [0, 0.1) is 3.57 Å². The van der Waals surface area contributed by atoms with Gasteiger partial charge in [0.15, 0.2) is 0 Å². The summed E-state index contributed by atoms with van der Waals surface area (Å²) < 4.78 is 13.4. The Kier molecular flexibility index (Phi) is 8.64. The number of halogens is 1. The molecule has 0 saturated heterocycles. The molecule has 4 rings (SSSR count). The highest BCUT2D eigenvalue weighted by Crippen LogP contribution is 2.41. The van der Waals surface area contributed by atoms with Crippen LogP contribution in [-0.2, 0) is 13.2 Å². The molecule has 0 radical (unpaired) electrons. The number of aromatic nitrogens is 2. The van der Waals surface area contributed by atoms with Crippen LogP contribution in [0.4, 0.5) is 0 Å². The number of hydrogen-bond donors (Lipinski definition) is 2. The van der Waals surface area contributed by atoms with E-state index in [9.17, 15) is 4.79 Å². The molecular weight excluding hydrogens is 565 g/mol. The summed E-state index contributed by atoms with van der Waals surface area (Å²) in [5.74, 6) is 1.45. The molecular formula is C29H30IN3O3. The van der Waals surface area contributed by atoms with Gasteiger partial charge in [-0.15, -0.1) is 0 Å². The zero-order chi connectivity index (χ0) is 25.5. The first-order valence-corrected chi connectivity index (χ1v) is 13.1. The molecule has 0 unspecified atom stereocenters. The summed E-state index contributed by atoms with van der Waals surface area (Å²) in [6, 6.07) is 24.1. The van der Waals surface area contributed by atoms with Gasteiger partial charge in [-0.2, -0.15) is 5.10 Å². The number of H-pyrrole nitrogens is 1. The van der Waals surface area contributed by atoms with Crippen LogP contribution in [0.2, 0.25) is 0 Å². The predicted molar refractivity (Wildman–Crippen MR) is 150 cm³/mol. The molecule has 0 aliphatic heterocycles. The zero-order valence-corrected chi connectivity index (χ0v) is 22.8. The van der Waals surface area contributed by atoms with E-state index in [1.54, 1.807) is 0 Å². The van der Waals surface area contributed by atoms with Gasteiger partial charge in [-0.25, -0.2) is 0 Å². The Hall–Kier alpha value is -3.33. The van der Waals surface area contributed by atoms with Gasteiger partial charge in [0.25, 0.3) is 5.91 Å². The number of carbonyl (C=O) groups excluding carboxylic acids is 1. The fourth-order valence-corrected chi connectivity index (χ4v) is 4.61. The van der Waals surface area contributed by atoms with E-state index in [1.807, 2.05) is 73.7 Å². The van der Waals surface area contributed by atoms with Crippen LogP contribution in [0.25, 0.3) is 11.3 Å². The van der Waals surface area contributed by atoms with E-state index in [0.717, 1.165) is 31.6 Å². The van der Waals surface area contributed by atoms with Crippen molar-refractivity contribution in [2.24, 2.45) is 0 Å². The number of nitrogens with one attached hydrogen (secondary N) is 2. The van der Waals surface area contributed by atoms with E-state index in [-0.39, 0.29) is 11.8 Å². The second-order valence-corrected chi connectivity index (χ2v) is 9.79. The van der Waals surface area contributed by atoms with Crippen molar-refractivity contribution in [3.05, 3.63) is 98.8 Å². The third-order valence-corrected chi connectivity index (χ3v) is 6.79. The van der Waals surface area contributed by atoms with Gasteiger partial charge in [-0.1, -0.05) is 74.5 Å². The summed E-state index contributed by atoms with van der Waals surface area (Å²) in [5.41, 5.74) is 5.14. The van der Waals surface area contributed by atoms with Crippen molar-refractivity contribution in [2.75, 3.05) is 6.54 Å². The van der Waals surface area contributed by atoms with Crippen LogP contribution in [0.3, 0.4) is 0 Å². The Balaban J connectivity index is 1.75. The molecule has 0 aliphatic carbocycles. The number of aromatic amines is 1. The maximum absolute atomic E-state index is 12.5. The van der Waals surface area contributed by atoms with Gasteiger partial charge in [-0.05, 0) is 58.2 Å². The molecule has 1 aromatic heterocycles. The Bertz CT molecular complexity index is 1300. The SMILES string of the molecule is CCNC(=O)c1[nH]nc(-c2cc(C(C)C)c(OCc3ccccc3)cc2OCc2ccccc2)c1I. The predicted octanol–water partition coefficient (Wildman–Crippen LogP) is 6.71. The summed E-state index contributed by atoms with van der Waals surface area (Å²) in [6.07, 6.45) is 0. The van der Waals surface area contributed by atoms with Gasteiger partial charge >= 0.3 is 0 Å². The van der Waals surface area contributed by atoms with E-state index in [1.165, 1.54) is 0 Å². The van der Waals surface area contributed by atoms with Gasteiger partial charge in [0.1, 0.15) is 36.1 Å². The average molecular weight is 595 g/mol.